The van der Waals surface area contributed by atoms with Crippen LogP contribution in [0, 0.1) is 6.92 Å². The summed E-state index contributed by atoms with van der Waals surface area (Å²) in [6, 6.07) is 13.7. The van der Waals surface area contributed by atoms with Gasteiger partial charge in [0.05, 0.1) is 18.4 Å². The van der Waals surface area contributed by atoms with Crippen LogP contribution in [0.3, 0.4) is 0 Å². The fourth-order valence-corrected chi connectivity index (χ4v) is 5.85. The maximum atomic E-state index is 12.2. The Hall–Kier alpha value is -2.90. The fourth-order valence-electron chi connectivity index (χ4n) is 5.85. The number of rotatable bonds is 13. The number of nitrogens with two attached hydrogens (primary N) is 1. The molecular weight excluding hydrogens is 566 g/mol. The van der Waals surface area contributed by atoms with Gasteiger partial charge in [0.15, 0.2) is 5.60 Å². The van der Waals surface area contributed by atoms with Crippen molar-refractivity contribution < 1.29 is 39.5 Å². The van der Waals surface area contributed by atoms with Crippen molar-refractivity contribution in [1.82, 2.24) is 10.6 Å². The Kier molecular flexibility index (Phi) is 10.5. The summed E-state index contributed by atoms with van der Waals surface area (Å²) in [7, 11) is 0. The van der Waals surface area contributed by atoms with Crippen LogP contribution >= 0.6 is 0 Å². The number of ether oxygens (including phenoxy) is 2. The number of fused-ring (bicyclic) bond motifs is 2. The van der Waals surface area contributed by atoms with Crippen molar-refractivity contribution in [2.75, 3.05) is 13.2 Å². The van der Waals surface area contributed by atoms with Gasteiger partial charge in [-0.05, 0) is 74.8 Å². The zero-order valence-corrected chi connectivity index (χ0v) is 26.0. The molecule has 2 saturated heterocycles. The van der Waals surface area contributed by atoms with Gasteiger partial charge in [0, 0.05) is 24.9 Å². The summed E-state index contributed by atoms with van der Waals surface area (Å²) in [5, 5.41) is 48.8. The normalized spacial score (nSPS) is 27.2. The fraction of sp³-hybridized carbons (Fsp3) is 0.576. The minimum Gasteiger partial charge on any atom is -0.387 e. The monoisotopic (exact) mass is 613 g/mol. The highest BCUT2D eigenvalue weighted by Crippen LogP contribution is 2.53. The second kappa shape index (κ2) is 13.6. The molecule has 44 heavy (non-hydrogen) atoms. The largest absolute Gasteiger partial charge is 0.387 e. The van der Waals surface area contributed by atoms with Crippen LogP contribution < -0.4 is 16.4 Å². The van der Waals surface area contributed by atoms with Crippen molar-refractivity contribution in [3.8, 4) is 0 Å². The van der Waals surface area contributed by atoms with Crippen molar-refractivity contribution in [1.29, 1.82) is 0 Å². The molecule has 0 saturated carbocycles. The summed E-state index contributed by atoms with van der Waals surface area (Å²) in [5.41, 5.74) is 7.15. The van der Waals surface area contributed by atoms with Gasteiger partial charge in [-0.25, -0.2) is 0 Å². The molecule has 0 aliphatic carbocycles. The van der Waals surface area contributed by atoms with Crippen molar-refractivity contribution in [3.05, 3.63) is 70.3 Å². The molecule has 2 heterocycles. The molecule has 0 radical (unpaired) electrons. The van der Waals surface area contributed by atoms with Crippen LogP contribution in [0.1, 0.15) is 74.3 Å². The van der Waals surface area contributed by atoms with Crippen molar-refractivity contribution in [2.45, 2.75) is 108 Å². The lowest BCUT2D eigenvalue weighted by Gasteiger charge is -2.50. The first-order chi connectivity index (χ1) is 20.7. The van der Waals surface area contributed by atoms with Gasteiger partial charge in [-0.1, -0.05) is 43.3 Å². The average molecular weight is 614 g/mol. The number of hydrogen-bond donors (Lipinski definition) is 7. The van der Waals surface area contributed by atoms with E-state index < -0.39 is 35.3 Å². The lowest BCUT2D eigenvalue weighted by molar-refractivity contribution is -0.348. The minimum atomic E-state index is -1.74. The Bertz CT molecular complexity index is 1310. The molecule has 2 aliphatic rings. The molecule has 2 bridgehead atoms. The second-order valence-corrected chi connectivity index (χ2v) is 12.6. The molecule has 1 unspecified atom stereocenters. The van der Waals surface area contributed by atoms with E-state index in [2.05, 4.69) is 10.6 Å². The van der Waals surface area contributed by atoms with E-state index in [0.717, 1.165) is 28.7 Å². The molecule has 242 valence electrons. The maximum Gasteiger partial charge on any atom is 0.225 e. The zero-order valence-electron chi connectivity index (χ0n) is 26.0. The molecule has 0 spiro atoms. The Balaban J connectivity index is 1.34. The van der Waals surface area contributed by atoms with E-state index in [9.17, 15) is 30.0 Å². The predicted octanol–water partition coefficient (Wildman–Crippen LogP) is 1.03. The van der Waals surface area contributed by atoms with E-state index in [4.69, 9.17) is 15.2 Å². The number of benzene rings is 2. The van der Waals surface area contributed by atoms with E-state index in [1.807, 2.05) is 50.2 Å². The van der Waals surface area contributed by atoms with Gasteiger partial charge in [-0.3, -0.25) is 9.59 Å². The van der Waals surface area contributed by atoms with Crippen LogP contribution in [-0.4, -0.2) is 81.1 Å². The predicted molar refractivity (Wildman–Crippen MR) is 163 cm³/mol. The minimum absolute atomic E-state index is 0.0934. The molecule has 8 N–H and O–H groups in total. The van der Waals surface area contributed by atoms with Gasteiger partial charge < -0.3 is 46.3 Å². The van der Waals surface area contributed by atoms with Gasteiger partial charge in [0.25, 0.3) is 0 Å². The van der Waals surface area contributed by atoms with Gasteiger partial charge in [0.2, 0.25) is 17.6 Å². The third-order valence-electron chi connectivity index (χ3n) is 8.88. The van der Waals surface area contributed by atoms with E-state index in [0.29, 0.717) is 31.2 Å². The summed E-state index contributed by atoms with van der Waals surface area (Å²) >= 11 is 0. The summed E-state index contributed by atoms with van der Waals surface area (Å²) in [6.45, 7) is 6.90. The van der Waals surface area contributed by atoms with Crippen LogP contribution in [0.25, 0.3) is 0 Å². The Morgan fingerprint density at radius 2 is 1.73 bits per heavy atom. The maximum absolute atomic E-state index is 12.2. The zero-order chi connectivity index (χ0) is 32.3. The quantitative estimate of drug-likeness (QED) is 0.162. The van der Waals surface area contributed by atoms with E-state index >= 15 is 0 Å². The first-order valence-corrected chi connectivity index (χ1v) is 15.3. The highest BCUT2D eigenvalue weighted by atomic mass is 16.8. The summed E-state index contributed by atoms with van der Waals surface area (Å²) < 4.78 is 12.2. The molecule has 2 aromatic rings. The number of amides is 2. The van der Waals surface area contributed by atoms with Crippen molar-refractivity contribution in [3.63, 3.8) is 0 Å². The summed E-state index contributed by atoms with van der Waals surface area (Å²) in [4.78, 5) is 23.9. The Morgan fingerprint density at radius 1 is 1.05 bits per heavy atom. The van der Waals surface area contributed by atoms with Crippen LogP contribution in [0.5, 0.6) is 0 Å². The first-order valence-electron chi connectivity index (χ1n) is 15.3. The number of hydrogen-bond acceptors (Lipinski definition) is 9. The van der Waals surface area contributed by atoms with Crippen molar-refractivity contribution >= 4 is 11.8 Å². The highest BCUT2D eigenvalue weighted by Gasteiger charge is 2.71. The summed E-state index contributed by atoms with van der Waals surface area (Å²) in [5.74, 6) is -2.02. The SMILES string of the molecule is CCC(N)NC(=O)CCNC(=O)CCCc1ccc(Cc2cc([C@]34OC[C@](C(C)(C)O)(O3)[C@@H](O)[C@H](O)[C@H]4O)ccc2C)cc1. The lowest BCUT2D eigenvalue weighted by atomic mass is 9.75. The van der Waals surface area contributed by atoms with Crippen LogP contribution in [0.2, 0.25) is 0 Å². The van der Waals surface area contributed by atoms with Crippen LogP contribution in [0.15, 0.2) is 42.5 Å². The van der Waals surface area contributed by atoms with Gasteiger partial charge in [-0.15, -0.1) is 0 Å². The van der Waals surface area contributed by atoms with Gasteiger partial charge in [-0.2, -0.15) is 0 Å². The van der Waals surface area contributed by atoms with Crippen LogP contribution in [0.4, 0.5) is 0 Å². The highest BCUT2D eigenvalue weighted by molar-refractivity contribution is 5.79. The smallest absolute Gasteiger partial charge is 0.225 e. The molecule has 2 fully saturated rings. The number of carbonyl (C=O) groups is 2. The van der Waals surface area contributed by atoms with Crippen LogP contribution in [-0.2, 0) is 37.7 Å². The van der Waals surface area contributed by atoms with E-state index in [-0.39, 0.29) is 37.6 Å². The Morgan fingerprint density at radius 3 is 2.39 bits per heavy atom. The standard InChI is InChI=1S/C33H47N3O8/c1-5-25(34)36-27(38)15-16-35-26(37)8-6-7-21-10-12-22(13-11-21)17-23-18-24(14-9-20(23)2)33-30(41)28(39)29(40)32(44-33,19-43-33)31(3,4)42/h9-14,18,25,28-30,39-42H,5-8,15-17,19,34H2,1-4H3,(H,35,37)(H,36,38)/t25?,28-,29-,30+,32-,33-/m0/s1. The molecule has 11 heteroatoms. The number of aliphatic hydroxyl groups excluding tert-OH is 3. The summed E-state index contributed by atoms with van der Waals surface area (Å²) in [6.07, 6.45) is -1.87. The Labute approximate surface area is 258 Å². The molecule has 0 aromatic heterocycles. The van der Waals surface area contributed by atoms with E-state index in [1.54, 1.807) is 6.07 Å². The van der Waals surface area contributed by atoms with Gasteiger partial charge in [0.1, 0.15) is 18.3 Å². The molecule has 6 atom stereocenters. The molecule has 2 amide bonds. The topological polar surface area (TPSA) is 184 Å². The van der Waals surface area contributed by atoms with Crippen molar-refractivity contribution in [2.24, 2.45) is 5.73 Å². The number of carbonyl (C=O) groups excluding carboxylic acids is 2. The number of aliphatic hydroxyl groups is 4. The molecule has 2 aromatic carbocycles. The first kappa shape index (κ1) is 34.0. The van der Waals surface area contributed by atoms with Gasteiger partial charge >= 0.3 is 0 Å². The third kappa shape index (κ3) is 6.99. The molecular formula is C33H47N3O8. The second-order valence-electron chi connectivity index (χ2n) is 12.6. The molecule has 4 rings (SSSR count). The van der Waals surface area contributed by atoms with E-state index in [1.165, 1.54) is 13.8 Å². The molecule has 2 aliphatic heterocycles. The molecule has 11 nitrogen and oxygen atoms in total. The lowest BCUT2D eigenvalue weighted by Crippen LogP contribution is -2.70. The number of nitrogens with one attached hydrogen (secondary N) is 2. The number of aryl methyl sites for hydroxylation is 2. The third-order valence-corrected chi connectivity index (χ3v) is 8.88. The average Bonchev–Trinajstić information content (AvgIpc) is 3.38.